The summed E-state index contributed by atoms with van der Waals surface area (Å²) in [6.07, 6.45) is 4.61. The summed E-state index contributed by atoms with van der Waals surface area (Å²) >= 11 is 0. The predicted molar refractivity (Wildman–Crippen MR) is 93.9 cm³/mol. The SMILES string of the molecule is Cc1nn(C)c2ncc(S(=O)(=O)N3CCO[C@H](c4cnn(C)c4)C3)cc12. The number of aryl methyl sites for hydroxylation is 3. The second kappa shape index (κ2) is 6.15. The summed E-state index contributed by atoms with van der Waals surface area (Å²) in [5, 5.41) is 9.17. The van der Waals surface area contributed by atoms with E-state index in [9.17, 15) is 8.42 Å². The maximum absolute atomic E-state index is 13.1. The summed E-state index contributed by atoms with van der Waals surface area (Å²) in [6.45, 7) is 2.73. The molecule has 0 aliphatic carbocycles. The van der Waals surface area contributed by atoms with Crippen LogP contribution < -0.4 is 0 Å². The van der Waals surface area contributed by atoms with Crippen LogP contribution in [0.5, 0.6) is 0 Å². The van der Waals surface area contributed by atoms with Crippen LogP contribution in [0.2, 0.25) is 0 Å². The van der Waals surface area contributed by atoms with Crippen molar-refractivity contribution in [2.45, 2.75) is 17.9 Å². The lowest BCUT2D eigenvalue weighted by Gasteiger charge is -2.31. The Morgan fingerprint density at radius 2 is 2.08 bits per heavy atom. The van der Waals surface area contributed by atoms with Crippen molar-refractivity contribution in [1.82, 2.24) is 28.9 Å². The van der Waals surface area contributed by atoms with Gasteiger partial charge in [-0.05, 0) is 13.0 Å². The second-order valence-corrected chi connectivity index (χ2v) is 8.36. The number of hydrogen-bond donors (Lipinski definition) is 0. The van der Waals surface area contributed by atoms with Gasteiger partial charge in [-0.1, -0.05) is 0 Å². The van der Waals surface area contributed by atoms with Crippen molar-refractivity contribution >= 4 is 21.1 Å². The zero-order valence-corrected chi connectivity index (χ0v) is 15.6. The fourth-order valence-corrected chi connectivity index (χ4v) is 4.63. The lowest BCUT2D eigenvalue weighted by atomic mass is 10.2. The van der Waals surface area contributed by atoms with E-state index in [2.05, 4.69) is 15.2 Å². The molecule has 0 N–H and O–H groups in total. The van der Waals surface area contributed by atoms with E-state index in [1.54, 1.807) is 28.7 Å². The van der Waals surface area contributed by atoms with Gasteiger partial charge in [0.15, 0.2) is 5.65 Å². The zero-order valence-electron chi connectivity index (χ0n) is 14.8. The highest BCUT2D eigenvalue weighted by Crippen LogP contribution is 2.27. The predicted octanol–water partition coefficient (Wildman–Crippen LogP) is 0.772. The van der Waals surface area contributed by atoms with Crippen molar-refractivity contribution in [2.75, 3.05) is 19.7 Å². The first-order valence-corrected chi connectivity index (χ1v) is 9.70. The molecule has 3 aromatic rings. The molecule has 0 aromatic carbocycles. The molecule has 1 aliphatic heterocycles. The minimum atomic E-state index is -3.67. The quantitative estimate of drug-likeness (QED) is 0.670. The molecule has 4 heterocycles. The van der Waals surface area contributed by atoms with Crippen LogP contribution in [0, 0.1) is 6.92 Å². The van der Waals surface area contributed by atoms with Crippen LogP contribution in [0.25, 0.3) is 11.0 Å². The summed E-state index contributed by atoms with van der Waals surface area (Å²) in [7, 11) is -0.0624. The Morgan fingerprint density at radius 3 is 2.81 bits per heavy atom. The van der Waals surface area contributed by atoms with Crippen LogP contribution in [-0.2, 0) is 28.9 Å². The lowest BCUT2D eigenvalue weighted by molar-refractivity contribution is -0.00259. The molecule has 0 saturated carbocycles. The molecule has 10 heteroatoms. The molecule has 0 radical (unpaired) electrons. The third kappa shape index (κ3) is 2.79. The number of hydrogen-bond acceptors (Lipinski definition) is 6. The fraction of sp³-hybridized carbons (Fsp3) is 0.438. The Bertz CT molecular complexity index is 1070. The molecule has 1 atom stereocenters. The highest BCUT2D eigenvalue weighted by molar-refractivity contribution is 7.89. The van der Waals surface area contributed by atoms with Crippen molar-refractivity contribution in [3.63, 3.8) is 0 Å². The molecule has 26 heavy (non-hydrogen) atoms. The van der Waals surface area contributed by atoms with E-state index in [1.165, 1.54) is 10.5 Å². The molecule has 0 unspecified atom stereocenters. The van der Waals surface area contributed by atoms with Gasteiger partial charge in [0.05, 0.1) is 24.6 Å². The van der Waals surface area contributed by atoms with Gasteiger partial charge in [0, 0.05) is 50.5 Å². The third-order valence-corrected chi connectivity index (χ3v) is 6.43. The Labute approximate surface area is 151 Å². The molecular weight excluding hydrogens is 356 g/mol. The maximum Gasteiger partial charge on any atom is 0.244 e. The molecule has 3 aromatic heterocycles. The molecule has 1 fully saturated rings. The monoisotopic (exact) mass is 376 g/mol. The second-order valence-electron chi connectivity index (χ2n) is 6.42. The van der Waals surface area contributed by atoms with Crippen LogP contribution in [0.4, 0.5) is 0 Å². The molecule has 0 bridgehead atoms. The van der Waals surface area contributed by atoms with Crippen LogP contribution >= 0.6 is 0 Å². The van der Waals surface area contributed by atoms with E-state index in [0.29, 0.717) is 18.8 Å². The molecule has 0 spiro atoms. The average Bonchev–Trinajstić information content (AvgIpc) is 3.18. The average molecular weight is 376 g/mol. The van der Waals surface area contributed by atoms with Crippen LogP contribution in [0.3, 0.4) is 0 Å². The maximum atomic E-state index is 13.1. The number of nitrogens with zero attached hydrogens (tertiary/aromatic N) is 6. The number of sulfonamides is 1. The van der Waals surface area contributed by atoms with E-state index < -0.39 is 10.0 Å². The fourth-order valence-electron chi connectivity index (χ4n) is 3.23. The van der Waals surface area contributed by atoms with E-state index in [1.807, 2.05) is 20.2 Å². The van der Waals surface area contributed by atoms with Crippen molar-refractivity contribution in [1.29, 1.82) is 0 Å². The Balaban J connectivity index is 1.66. The van der Waals surface area contributed by atoms with E-state index in [4.69, 9.17) is 4.74 Å². The highest BCUT2D eigenvalue weighted by atomic mass is 32.2. The lowest BCUT2D eigenvalue weighted by Crippen LogP contribution is -2.42. The number of pyridine rings is 1. The topological polar surface area (TPSA) is 95.1 Å². The number of rotatable bonds is 3. The van der Waals surface area contributed by atoms with E-state index in [-0.39, 0.29) is 17.5 Å². The summed E-state index contributed by atoms with van der Waals surface area (Å²) in [5.74, 6) is 0. The smallest absolute Gasteiger partial charge is 0.244 e. The Kier molecular flexibility index (Phi) is 4.05. The molecule has 0 amide bonds. The van der Waals surface area contributed by atoms with Gasteiger partial charge in [-0.3, -0.25) is 9.36 Å². The standard InChI is InChI=1S/C16H20N6O3S/c1-11-14-6-13(8-17-16(14)21(3)19-11)26(23,24)22-4-5-25-15(10-22)12-7-18-20(2)9-12/h6-9,15H,4-5,10H2,1-3H3/t15-/m0/s1. The van der Waals surface area contributed by atoms with Gasteiger partial charge >= 0.3 is 0 Å². The van der Waals surface area contributed by atoms with Gasteiger partial charge in [0.25, 0.3) is 0 Å². The van der Waals surface area contributed by atoms with Crippen molar-refractivity contribution in [3.8, 4) is 0 Å². The Morgan fingerprint density at radius 1 is 1.27 bits per heavy atom. The van der Waals surface area contributed by atoms with Gasteiger partial charge in [0.2, 0.25) is 10.0 Å². The van der Waals surface area contributed by atoms with Crippen molar-refractivity contribution in [2.24, 2.45) is 14.1 Å². The van der Waals surface area contributed by atoms with Gasteiger partial charge < -0.3 is 4.74 Å². The van der Waals surface area contributed by atoms with Gasteiger partial charge in [-0.2, -0.15) is 14.5 Å². The normalized spacial score (nSPS) is 19.3. The summed E-state index contributed by atoms with van der Waals surface area (Å²) in [4.78, 5) is 4.47. The largest absolute Gasteiger partial charge is 0.371 e. The minimum Gasteiger partial charge on any atom is -0.371 e. The summed E-state index contributed by atoms with van der Waals surface area (Å²) in [6, 6.07) is 1.65. The van der Waals surface area contributed by atoms with Gasteiger partial charge in [-0.25, -0.2) is 13.4 Å². The van der Waals surface area contributed by atoms with Gasteiger partial charge in [-0.15, -0.1) is 0 Å². The van der Waals surface area contributed by atoms with E-state index in [0.717, 1.165) is 16.6 Å². The first kappa shape index (κ1) is 17.1. The zero-order chi connectivity index (χ0) is 18.5. The molecule has 9 nitrogen and oxygen atoms in total. The number of aromatic nitrogens is 5. The molecule has 1 aliphatic rings. The minimum absolute atomic E-state index is 0.174. The number of morpholine rings is 1. The van der Waals surface area contributed by atoms with Gasteiger partial charge in [0.1, 0.15) is 4.90 Å². The van der Waals surface area contributed by atoms with Crippen molar-refractivity contribution < 1.29 is 13.2 Å². The van der Waals surface area contributed by atoms with E-state index >= 15 is 0 Å². The Hall–Kier alpha value is -2.30. The number of ether oxygens (including phenoxy) is 1. The molecule has 1 saturated heterocycles. The third-order valence-electron chi connectivity index (χ3n) is 4.60. The van der Waals surface area contributed by atoms with Crippen LogP contribution in [0.15, 0.2) is 29.6 Å². The van der Waals surface area contributed by atoms with Crippen LogP contribution in [-0.4, -0.2) is 57.0 Å². The molecule has 138 valence electrons. The number of fused-ring (bicyclic) bond motifs is 1. The summed E-state index contributed by atoms with van der Waals surface area (Å²) in [5.41, 5.74) is 2.28. The van der Waals surface area contributed by atoms with Crippen LogP contribution in [0.1, 0.15) is 17.4 Å². The first-order valence-electron chi connectivity index (χ1n) is 8.26. The summed E-state index contributed by atoms with van der Waals surface area (Å²) < 4.78 is 36.7. The highest BCUT2D eigenvalue weighted by Gasteiger charge is 2.32. The molecular formula is C16H20N6O3S. The molecule has 4 rings (SSSR count). The first-order chi connectivity index (χ1) is 12.4. The van der Waals surface area contributed by atoms with Crippen molar-refractivity contribution in [3.05, 3.63) is 35.9 Å².